The molecule has 3 rings (SSSR count). The van der Waals surface area contributed by atoms with Crippen LogP contribution in [0.1, 0.15) is 17.0 Å². The van der Waals surface area contributed by atoms with Gasteiger partial charge < -0.3 is 24.9 Å². The van der Waals surface area contributed by atoms with Gasteiger partial charge in [0.25, 0.3) is 0 Å². The summed E-state index contributed by atoms with van der Waals surface area (Å²) in [4.78, 5) is 11.3. The lowest BCUT2D eigenvalue weighted by Gasteiger charge is -2.04. The zero-order chi connectivity index (χ0) is 15.0. The third-order valence-electron chi connectivity index (χ3n) is 3.31. The smallest absolute Gasteiger partial charge is 0.157 e. The van der Waals surface area contributed by atoms with Gasteiger partial charge in [-0.05, 0) is 42.0 Å². The van der Waals surface area contributed by atoms with Crippen LogP contribution in [-0.4, -0.2) is 21.6 Å². The molecule has 21 heavy (non-hydrogen) atoms. The summed E-state index contributed by atoms with van der Waals surface area (Å²) in [5.41, 5.74) is 1.18. The quantitative estimate of drug-likeness (QED) is 0.582. The van der Waals surface area contributed by atoms with E-state index in [4.69, 9.17) is 4.74 Å². The van der Waals surface area contributed by atoms with Crippen molar-refractivity contribution in [3.63, 3.8) is 0 Å². The molecule has 0 radical (unpaired) electrons. The molecule has 5 nitrogen and oxygen atoms in total. The van der Waals surface area contributed by atoms with E-state index in [0.717, 1.165) is 6.29 Å². The summed E-state index contributed by atoms with van der Waals surface area (Å²) in [6.45, 7) is 0. The van der Waals surface area contributed by atoms with Crippen LogP contribution in [0.15, 0.2) is 42.2 Å². The van der Waals surface area contributed by atoms with Crippen LogP contribution in [0.25, 0.3) is 6.08 Å². The Hall–Kier alpha value is -2.95. The highest BCUT2D eigenvalue weighted by molar-refractivity contribution is 5.76. The first kappa shape index (κ1) is 13.1. The summed E-state index contributed by atoms with van der Waals surface area (Å²) in [6.07, 6.45) is 2.34. The lowest BCUT2D eigenvalue weighted by molar-refractivity contribution is -0.108. The molecule has 1 heterocycles. The number of phenolic OH excluding ortho intramolecular Hbond substituents is 3. The maximum atomic E-state index is 11.3. The highest BCUT2D eigenvalue weighted by atomic mass is 16.5. The van der Waals surface area contributed by atoms with Crippen LogP contribution < -0.4 is 4.74 Å². The van der Waals surface area contributed by atoms with E-state index >= 15 is 0 Å². The van der Waals surface area contributed by atoms with Crippen LogP contribution in [0.4, 0.5) is 0 Å². The van der Waals surface area contributed by atoms with Crippen molar-refractivity contribution >= 4 is 12.4 Å². The number of aromatic hydroxyl groups is 3. The Kier molecular flexibility index (Phi) is 3.02. The maximum Gasteiger partial charge on any atom is 0.157 e. The molecule has 0 bridgehead atoms. The standard InChI is InChI=1S/C16H12O5/c17-8-12-11-7-10(18)2-4-15(11)21-16(12)6-9-1-3-13(19)14(20)5-9/h1-8,12,18-20H/b16-6-. The third kappa shape index (κ3) is 2.29. The predicted octanol–water partition coefficient (Wildman–Crippen LogP) is 2.52. The number of hydrogen-bond acceptors (Lipinski definition) is 5. The second-order valence-electron chi connectivity index (χ2n) is 4.73. The second kappa shape index (κ2) is 4.86. The lowest BCUT2D eigenvalue weighted by Crippen LogP contribution is -1.99. The van der Waals surface area contributed by atoms with Crippen LogP contribution in [-0.2, 0) is 4.79 Å². The first-order valence-corrected chi connectivity index (χ1v) is 6.28. The number of carbonyl (C=O) groups excluding carboxylic acids is 1. The Balaban J connectivity index is 2.01. The van der Waals surface area contributed by atoms with Crippen molar-refractivity contribution in [1.82, 2.24) is 0 Å². The lowest BCUT2D eigenvalue weighted by atomic mass is 9.99. The van der Waals surface area contributed by atoms with E-state index < -0.39 is 5.92 Å². The minimum atomic E-state index is -0.608. The van der Waals surface area contributed by atoms with E-state index in [1.807, 2.05) is 0 Å². The van der Waals surface area contributed by atoms with E-state index in [2.05, 4.69) is 0 Å². The Bertz CT molecular complexity index is 748. The molecule has 0 amide bonds. The molecule has 1 aliphatic rings. The van der Waals surface area contributed by atoms with E-state index in [1.165, 1.54) is 24.3 Å². The number of carbonyl (C=O) groups is 1. The van der Waals surface area contributed by atoms with Crippen molar-refractivity contribution in [3.05, 3.63) is 53.3 Å². The fourth-order valence-electron chi connectivity index (χ4n) is 2.27. The maximum absolute atomic E-state index is 11.3. The Labute approximate surface area is 120 Å². The van der Waals surface area contributed by atoms with Gasteiger partial charge in [0.15, 0.2) is 11.5 Å². The van der Waals surface area contributed by atoms with Gasteiger partial charge >= 0.3 is 0 Å². The summed E-state index contributed by atoms with van der Waals surface area (Å²) in [5.74, 6) is -0.101. The number of hydrogen-bond donors (Lipinski definition) is 3. The molecule has 5 heteroatoms. The molecule has 0 saturated carbocycles. The van der Waals surface area contributed by atoms with Gasteiger partial charge in [-0.2, -0.15) is 0 Å². The Morgan fingerprint density at radius 3 is 2.52 bits per heavy atom. The average molecular weight is 284 g/mol. The number of rotatable bonds is 2. The number of allylic oxidation sites excluding steroid dienone is 1. The van der Waals surface area contributed by atoms with Crippen molar-refractivity contribution in [2.75, 3.05) is 0 Å². The fraction of sp³-hybridized carbons (Fsp3) is 0.0625. The Morgan fingerprint density at radius 2 is 1.81 bits per heavy atom. The van der Waals surface area contributed by atoms with Crippen LogP contribution in [0.3, 0.4) is 0 Å². The molecule has 0 aliphatic carbocycles. The largest absolute Gasteiger partial charge is 0.508 e. The van der Waals surface area contributed by atoms with Gasteiger partial charge in [0.05, 0.1) is 0 Å². The number of fused-ring (bicyclic) bond motifs is 1. The predicted molar refractivity (Wildman–Crippen MR) is 75.3 cm³/mol. The summed E-state index contributed by atoms with van der Waals surface area (Å²) in [5, 5.41) is 28.3. The normalized spacial score (nSPS) is 18.3. The van der Waals surface area contributed by atoms with Crippen LogP contribution >= 0.6 is 0 Å². The van der Waals surface area contributed by atoms with Crippen molar-refractivity contribution in [3.8, 4) is 23.0 Å². The molecule has 0 saturated heterocycles. The van der Waals surface area contributed by atoms with Crippen molar-refractivity contribution in [2.45, 2.75) is 5.92 Å². The highest BCUT2D eigenvalue weighted by Crippen LogP contribution is 2.42. The molecular formula is C16H12O5. The number of aldehydes is 1. The van der Waals surface area contributed by atoms with Crippen LogP contribution in [0.5, 0.6) is 23.0 Å². The number of phenols is 3. The van der Waals surface area contributed by atoms with Crippen molar-refractivity contribution in [2.24, 2.45) is 0 Å². The van der Waals surface area contributed by atoms with Crippen molar-refractivity contribution in [1.29, 1.82) is 0 Å². The summed E-state index contributed by atoms with van der Waals surface area (Å²) >= 11 is 0. The van der Waals surface area contributed by atoms with Gasteiger partial charge in [-0.1, -0.05) is 6.07 Å². The summed E-state index contributed by atoms with van der Waals surface area (Å²) < 4.78 is 5.61. The van der Waals surface area contributed by atoms with Gasteiger partial charge in [0.1, 0.15) is 29.5 Å². The number of benzene rings is 2. The number of ether oxygens (including phenoxy) is 1. The minimum absolute atomic E-state index is 0.0627. The first-order chi connectivity index (χ1) is 10.1. The summed E-state index contributed by atoms with van der Waals surface area (Å²) in [6, 6.07) is 8.88. The molecule has 0 spiro atoms. The summed E-state index contributed by atoms with van der Waals surface area (Å²) in [7, 11) is 0. The molecule has 106 valence electrons. The van der Waals surface area contributed by atoms with Crippen molar-refractivity contribution < 1.29 is 24.9 Å². The average Bonchev–Trinajstić information content (AvgIpc) is 2.79. The van der Waals surface area contributed by atoms with Gasteiger partial charge in [-0.25, -0.2) is 0 Å². The Morgan fingerprint density at radius 1 is 1.00 bits per heavy atom. The molecule has 0 aromatic heterocycles. The third-order valence-corrected chi connectivity index (χ3v) is 3.31. The second-order valence-corrected chi connectivity index (χ2v) is 4.73. The fourth-order valence-corrected chi connectivity index (χ4v) is 2.27. The van der Waals surface area contributed by atoms with Gasteiger partial charge in [-0.15, -0.1) is 0 Å². The zero-order valence-electron chi connectivity index (χ0n) is 10.9. The molecule has 2 aromatic carbocycles. The molecule has 1 unspecified atom stereocenters. The van der Waals surface area contributed by atoms with E-state index in [0.29, 0.717) is 22.6 Å². The molecule has 2 aromatic rings. The molecule has 1 aliphatic heterocycles. The molecular weight excluding hydrogens is 272 g/mol. The highest BCUT2D eigenvalue weighted by Gasteiger charge is 2.29. The van der Waals surface area contributed by atoms with Gasteiger partial charge in [0.2, 0.25) is 0 Å². The topological polar surface area (TPSA) is 87.0 Å². The van der Waals surface area contributed by atoms with E-state index in [-0.39, 0.29) is 17.2 Å². The molecule has 0 fully saturated rings. The minimum Gasteiger partial charge on any atom is -0.508 e. The first-order valence-electron chi connectivity index (χ1n) is 6.28. The van der Waals surface area contributed by atoms with Gasteiger partial charge in [-0.3, -0.25) is 0 Å². The van der Waals surface area contributed by atoms with Gasteiger partial charge in [0, 0.05) is 5.56 Å². The SMILES string of the molecule is O=CC1/C(=C/c2ccc(O)c(O)c2)Oc2ccc(O)cc21. The monoisotopic (exact) mass is 284 g/mol. The molecule has 1 atom stereocenters. The van der Waals surface area contributed by atoms with Crippen LogP contribution in [0.2, 0.25) is 0 Å². The van der Waals surface area contributed by atoms with E-state index in [1.54, 1.807) is 18.2 Å². The zero-order valence-corrected chi connectivity index (χ0v) is 10.9. The molecule has 3 N–H and O–H groups in total. The van der Waals surface area contributed by atoms with Crippen LogP contribution in [0, 0.1) is 0 Å². The van der Waals surface area contributed by atoms with E-state index in [9.17, 15) is 20.1 Å².